The Hall–Kier alpha value is -1.98. The molecule has 1 aromatic rings. The van der Waals surface area contributed by atoms with Crippen molar-refractivity contribution < 1.29 is 14.7 Å². The lowest BCUT2D eigenvalue weighted by molar-refractivity contribution is -0.140. The number of carbonyl (C=O) groups is 2. The number of rotatable bonds is 4. The lowest BCUT2D eigenvalue weighted by Crippen LogP contribution is -2.44. The van der Waals surface area contributed by atoms with Gasteiger partial charge in [0, 0.05) is 0 Å². The van der Waals surface area contributed by atoms with Crippen molar-refractivity contribution in [1.82, 2.24) is 15.3 Å². The molecule has 0 spiro atoms. The first kappa shape index (κ1) is 15.1. The third kappa shape index (κ3) is 3.49. The summed E-state index contributed by atoms with van der Waals surface area (Å²) in [7, 11) is 0. The molecule has 0 saturated heterocycles. The summed E-state index contributed by atoms with van der Waals surface area (Å²) in [4.78, 5) is 31.5. The van der Waals surface area contributed by atoms with Gasteiger partial charge in [-0.25, -0.2) is 9.78 Å². The van der Waals surface area contributed by atoms with E-state index in [9.17, 15) is 9.59 Å². The number of hydrogen-bond acceptors (Lipinski definition) is 4. The van der Waals surface area contributed by atoms with Gasteiger partial charge in [0.15, 0.2) is 0 Å². The fraction of sp³-hybridized carbons (Fsp3) is 0.538. The van der Waals surface area contributed by atoms with Crippen molar-refractivity contribution in [3.8, 4) is 0 Å². The van der Waals surface area contributed by atoms with Crippen LogP contribution in [0.1, 0.15) is 41.4 Å². The Kier molecular flexibility index (Phi) is 4.58. The molecule has 2 N–H and O–H groups in total. The van der Waals surface area contributed by atoms with E-state index in [1.165, 1.54) is 0 Å². The quantitative estimate of drug-likeness (QED) is 0.854. The summed E-state index contributed by atoms with van der Waals surface area (Å²) in [5, 5.41) is 11.5. The largest absolute Gasteiger partial charge is 0.480 e. The maximum absolute atomic E-state index is 12.1. The minimum atomic E-state index is -1.06. The van der Waals surface area contributed by atoms with Crippen LogP contribution in [0.25, 0.3) is 0 Å². The predicted molar refractivity (Wildman–Crippen MR) is 70.0 cm³/mol. The minimum absolute atomic E-state index is 0.176. The smallest absolute Gasteiger partial charge is 0.326 e. The summed E-state index contributed by atoms with van der Waals surface area (Å²) >= 11 is 0. The molecule has 1 rings (SSSR count). The summed E-state index contributed by atoms with van der Waals surface area (Å²) in [6.07, 6.45) is 0. The normalized spacial score (nSPS) is 12.3. The highest BCUT2D eigenvalue weighted by molar-refractivity contribution is 5.95. The highest BCUT2D eigenvalue weighted by Crippen LogP contribution is 2.09. The molecule has 1 amide bonds. The zero-order valence-electron chi connectivity index (χ0n) is 11.8. The molecule has 0 aliphatic heterocycles. The SMILES string of the molecule is Cc1nc(C)c(C(=O)N[C@@H](C(=O)O)C(C)C)nc1C. The highest BCUT2D eigenvalue weighted by atomic mass is 16.4. The number of nitrogens with one attached hydrogen (secondary N) is 1. The van der Waals surface area contributed by atoms with Gasteiger partial charge in [-0.15, -0.1) is 0 Å². The minimum Gasteiger partial charge on any atom is -0.480 e. The number of aryl methyl sites for hydroxylation is 3. The maximum Gasteiger partial charge on any atom is 0.326 e. The summed E-state index contributed by atoms with van der Waals surface area (Å²) < 4.78 is 0. The van der Waals surface area contributed by atoms with Gasteiger partial charge in [0.25, 0.3) is 5.91 Å². The number of carboxylic acids is 1. The molecular weight excluding hydrogens is 246 g/mol. The Bertz CT molecular complexity index is 512. The average molecular weight is 265 g/mol. The molecule has 1 atom stereocenters. The summed E-state index contributed by atoms with van der Waals surface area (Å²) in [6, 6.07) is -0.935. The molecule has 0 aliphatic carbocycles. The molecule has 6 nitrogen and oxygen atoms in total. The van der Waals surface area contributed by atoms with Gasteiger partial charge in [0.05, 0.1) is 17.1 Å². The average Bonchev–Trinajstić information content (AvgIpc) is 2.29. The van der Waals surface area contributed by atoms with E-state index >= 15 is 0 Å². The van der Waals surface area contributed by atoms with E-state index in [2.05, 4.69) is 15.3 Å². The Morgan fingerprint density at radius 3 is 2.05 bits per heavy atom. The number of carbonyl (C=O) groups excluding carboxylic acids is 1. The third-order valence-electron chi connectivity index (χ3n) is 2.92. The zero-order chi connectivity index (χ0) is 14.7. The molecule has 104 valence electrons. The number of carboxylic acid groups (broad SMARTS) is 1. The summed E-state index contributed by atoms with van der Waals surface area (Å²) in [6.45, 7) is 8.72. The van der Waals surface area contributed by atoms with Crippen LogP contribution in [0.2, 0.25) is 0 Å². The number of hydrogen-bond donors (Lipinski definition) is 2. The zero-order valence-corrected chi connectivity index (χ0v) is 11.8. The molecule has 1 aromatic heterocycles. The van der Waals surface area contributed by atoms with E-state index in [0.29, 0.717) is 11.4 Å². The van der Waals surface area contributed by atoms with Gasteiger partial charge in [-0.05, 0) is 26.7 Å². The van der Waals surface area contributed by atoms with Crippen LogP contribution >= 0.6 is 0 Å². The topological polar surface area (TPSA) is 92.2 Å². The Morgan fingerprint density at radius 1 is 1.05 bits per heavy atom. The first-order valence-corrected chi connectivity index (χ1v) is 6.09. The summed E-state index contributed by atoms with van der Waals surface area (Å²) in [5.74, 6) is -1.77. The lowest BCUT2D eigenvalue weighted by atomic mass is 10.0. The van der Waals surface area contributed by atoms with Gasteiger partial charge in [-0.1, -0.05) is 13.8 Å². The van der Waals surface area contributed by atoms with Crippen molar-refractivity contribution in [1.29, 1.82) is 0 Å². The standard InChI is InChI=1S/C13H19N3O3/c1-6(2)10(13(18)19)16-12(17)11-9(5)14-7(3)8(4)15-11/h6,10H,1-5H3,(H,16,17)(H,18,19)/t10-/m1/s1. The van der Waals surface area contributed by atoms with Crippen LogP contribution in [-0.2, 0) is 4.79 Å². The highest BCUT2D eigenvalue weighted by Gasteiger charge is 2.25. The second-order valence-corrected chi connectivity index (χ2v) is 4.86. The molecule has 0 aliphatic rings. The van der Waals surface area contributed by atoms with Gasteiger partial charge < -0.3 is 10.4 Å². The van der Waals surface area contributed by atoms with E-state index in [-0.39, 0.29) is 11.6 Å². The molecule has 0 saturated carbocycles. The van der Waals surface area contributed by atoms with E-state index in [4.69, 9.17) is 5.11 Å². The van der Waals surface area contributed by atoms with Crippen molar-refractivity contribution in [3.05, 3.63) is 22.8 Å². The number of amides is 1. The first-order valence-electron chi connectivity index (χ1n) is 6.09. The Balaban J connectivity index is 3.01. The van der Waals surface area contributed by atoms with Crippen LogP contribution in [0, 0.1) is 26.7 Å². The predicted octanol–water partition coefficient (Wildman–Crippen LogP) is 1.24. The molecule has 0 fully saturated rings. The number of aliphatic carboxylic acids is 1. The van der Waals surface area contributed by atoms with Crippen LogP contribution in [-0.4, -0.2) is 33.0 Å². The molecular formula is C13H19N3O3. The van der Waals surface area contributed by atoms with Crippen LogP contribution in [0.3, 0.4) is 0 Å². The fourth-order valence-electron chi connectivity index (χ4n) is 1.65. The maximum atomic E-state index is 12.1. The van der Waals surface area contributed by atoms with E-state index < -0.39 is 17.9 Å². The van der Waals surface area contributed by atoms with Crippen LogP contribution < -0.4 is 5.32 Å². The molecule has 0 aromatic carbocycles. The van der Waals surface area contributed by atoms with Crippen LogP contribution in [0.4, 0.5) is 0 Å². The van der Waals surface area contributed by atoms with E-state index in [1.54, 1.807) is 27.7 Å². The number of nitrogens with zero attached hydrogens (tertiary/aromatic N) is 2. The third-order valence-corrected chi connectivity index (χ3v) is 2.92. The van der Waals surface area contributed by atoms with Gasteiger partial charge >= 0.3 is 5.97 Å². The second kappa shape index (κ2) is 5.77. The van der Waals surface area contributed by atoms with Crippen molar-refractivity contribution in [2.24, 2.45) is 5.92 Å². The van der Waals surface area contributed by atoms with Crippen molar-refractivity contribution >= 4 is 11.9 Å². The van der Waals surface area contributed by atoms with E-state index in [1.807, 2.05) is 6.92 Å². The van der Waals surface area contributed by atoms with Crippen molar-refractivity contribution in [3.63, 3.8) is 0 Å². The van der Waals surface area contributed by atoms with Crippen LogP contribution in [0.5, 0.6) is 0 Å². The molecule has 1 heterocycles. The van der Waals surface area contributed by atoms with Gasteiger partial charge in [0.2, 0.25) is 0 Å². The van der Waals surface area contributed by atoms with Crippen molar-refractivity contribution in [2.45, 2.75) is 40.7 Å². The molecule has 0 unspecified atom stereocenters. The van der Waals surface area contributed by atoms with Gasteiger partial charge in [-0.2, -0.15) is 0 Å². The van der Waals surface area contributed by atoms with E-state index in [0.717, 1.165) is 5.69 Å². The lowest BCUT2D eigenvalue weighted by Gasteiger charge is -2.18. The molecule has 19 heavy (non-hydrogen) atoms. The molecule has 6 heteroatoms. The first-order chi connectivity index (χ1) is 8.73. The summed E-state index contributed by atoms with van der Waals surface area (Å²) in [5.41, 5.74) is 2.09. The Labute approximate surface area is 112 Å². The fourth-order valence-corrected chi connectivity index (χ4v) is 1.65. The molecule has 0 bridgehead atoms. The van der Waals surface area contributed by atoms with Gasteiger partial charge in [0.1, 0.15) is 11.7 Å². The Morgan fingerprint density at radius 2 is 1.58 bits per heavy atom. The monoisotopic (exact) mass is 265 g/mol. The van der Waals surface area contributed by atoms with Crippen molar-refractivity contribution in [2.75, 3.05) is 0 Å². The second-order valence-electron chi connectivity index (χ2n) is 4.86. The molecule has 0 radical (unpaired) electrons. The van der Waals surface area contributed by atoms with Gasteiger partial charge in [-0.3, -0.25) is 9.78 Å². The number of aromatic nitrogens is 2. The van der Waals surface area contributed by atoms with Crippen LogP contribution in [0.15, 0.2) is 0 Å².